The number of methoxy groups -OCH3 is 1. The number of hydrogen-bond donors (Lipinski definition) is 0. The van der Waals surface area contributed by atoms with Gasteiger partial charge in [-0.3, -0.25) is 0 Å². The lowest BCUT2D eigenvalue weighted by atomic mass is 10.2. The molecule has 0 amide bonds. The SMILES string of the molecule is COC(=O)c1ccc2ncn(C3CCOC3)c2n1. The smallest absolute Gasteiger partial charge is 0.356 e. The Kier molecular flexibility index (Phi) is 2.71. The molecule has 1 unspecified atom stereocenters. The van der Waals surface area contributed by atoms with Crippen LogP contribution in [0.2, 0.25) is 0 Å². The molecule has 1 atom stereocenters. The number of rotatable bonds is 2. The van der Waals surface area contributed by atoms with E-state index in [0.717, 1.165) is 18.5 Å². The molecule has 6 heteroatoms. The quantitative estimate of drug-likeness (QED) is 0.745. The first-order valence-electron chi connectivity index (χ1n) is 5.79. The Bertz CT molecular complexity index is 587. The Morgan fingerprint density at radius 2 is 2.44 bits per heavy atom. The van der Waals surface area contributed by atoms with Gasteiger partial charge in [-0.25, -0.2) is 14.8 Å². The first-order valence-corrected chi connectivity index (χ1v) is 5.79. The molecule has 1 fully saturated rings. The molecular formula is C12H13N3O3. The number of ether oxygens (including phenoxy) is 2. The average molecular weight is 247 g/mol. The molecule has 3 rings (SSSR count). The molecule has 0 aliphatic carbocycles. The molecule has 0 aromatic carbocycles. The van der Waals surface area contributed by atoms with Crippen LogP contribution in [0.25, 0.3) is 11.2 Å². The van der Waals surface area contributed by atoms with E-state index in [0.29, 0.717) is 17.9 Å². The highest BCUT2D eigenvalue weighted by Crippen LogP contribution is 2.23. The summed E-state index contributed by atoms with van der Waals surface area (Å²) in [7, 11) is 1.34. The van der Waals surface area contributed by atoms with E-state index in [2.05, 4.69) is 14.7 Å². The molecule has 2 aromatic rings. The zero-order valence-corrected chi connectivity index (χ0v) is 10.00. The minimum atomic E-state index is -0.438. The number of hydrogen-bond acceptors (Lipinski definition) is 5. The number of aromatic nitrogens is 3. The van der Waals surface area contributed by atoms with Gasteiger partial charge in [-0.1, -0.05) is 0 Å². The van der Waals surface area contributed by atoms with Gasteiger partial charge >= 0.3 is 5.97 Å². The molecule has 3 heterocycles. The molecular weight excluding hydrogens is 234 g/mol. The second-order valence-corrected chi connectivity index (χ2v) is 4.20. The molecule has 1 aliphatic heterocycles. The van der Waals surface area contributed by atoms with Crippen LogP contribution in [0.3, 0.4) is 0 Å². The number of imidazole rings is 1. The zero-order valence-electron chi connectivity index (χ0n) is 10.00. The highest BCUT2D eigenvalue weighted by molar-refractivity contribution is 5.89. The lowest BCUT2D eigenvalue weighted by Gasteiger charge is -2.10. The summed E-state index contributed by atoms with van der Waals surface area (Å²) in [4.78, 5) is 20.1. The van der Waals surface area contributed by atoms with Crippen LogP contribution in [0.5, 0.6) is 0 Å². The van der Waals surface area contributed by atoms with Gasteiger partial charge in [-0.15, -0.1) is 0 Å². The molecule has 0 saturated carbocycles. The van der Waals surface area contributed by atoms with Crippen molar-refractivity contribution in [2.24, 2.45) is 0 Å². The molecule has 1 aliphatic rings. The van der Waals surface area contributed by atoms with E-state index in [1.54, 1.807) is 18.5 Å². The second kappa shape index (κ2) is 4.38. The Morgan fingerprint density at radius 3 is 3.17 bits per heavy atom. The zero-order chi connectivity index (χ0) is 12.5. The van der Waals surface area contributed by atoms with Crippen molar-refractivity contribution < 1.29 is 14.3 Å². The molecule has 0 spiro atoms. The fourth-order valence-electron chi connectivity index (χ4n) is 2.14. The van der Waals surface area contributed by atoms with Gasteiger partial charge in [0.05, 0.1) is 26.1 Å². The number of carbonyl (C=O) groups excluding carboxylic acids is 1. The molecule has 1 saturated heterocycles. The van der Waals surface area contributed by atoms with Gasteiger partial charge in [0.25, 0.3) is 0 Å². The van der Waals surface area contributed by atoms with E-state index in [1.807, 2.05) is 4.57 Å². The van der Waals surface area contributed by atoms with Gasteiger partial charge in [-0.2, -0.15) is 0 Å². The van der Waals surface area contributed by atoms with Gasteiger partial charge in [0.15, 0.2) is 11.3 Å². The van der Waals surface area contributed by atoms with Crippen molar-refractivity contribution in [2.75, 3.05) is 20.3 Å². The van der Waals surface area contributed by atoms with E-state index in [1.165, 1.54) is 7.11 Å². The number of carbonyl (C=O) groups is 1. The summed E-state index contributed by atoms with van der Waals surface area (Å²) in [5.74, 6) is -0.438. The maximum Gasteiger partial charge on any atom is 0.356 e. The Labute approximate surface area is 104 Å². The van der Waals surface area contributed by atoms with Gasteiger partial charge < -0.3 is 14.0 Å². The summed E-state index contributed by atoms with van der Waals surface area (Å²) < 4.78 is 12.0. The van der Waals surface area contributed by atoms with Crippen LogP contribution in [0.4, 0.5) is 0 Å². The molecule has 2 aromatic heterocycles. The van der Waals surface area contributed by atoms with Crippen molar-refractivity contribution in [1.82, 2.24) is 14.5 Å². The van der Waals surface area contributed by atoms with Crippen molar-refractivity contribution in [2.45, 2.75) is 12.5 Å². The Balaban J connectivity index is 2.07. The van der Waals surface area contributed by atoms with Gasteiger partial charge in [-0.05, 0) is 18.6 Å². The van der Waals surface area contributed by atoms with E-state index in [4.69, 9.17) is 4.74 Å². The number of esters is 1. The number of nitrogens with zero attached hydrogens (tertiary/aromatic N) is 3. The van der Waals surface area contributed by atoms with Crippen LogP contribution in [-0.2, 0) is 9.47 Å². The van der Waals surface area contributed by atoms with Gasteiger partial charge in [0.2, 0.25) is 0 Å². The van der Waals surface area contributed by atoms with E-state index >= 15 is 0 Å². The average Bonchev–Trinajstić information content (AvgIpc) is 3.05. The van der Waals surface area contributed by atoms with Crippen molar-refractivity contribution in [3.8, 4) is 0 Å². The highest BCUT2D eigenvalue weighted by atomic mass is 16.5. The maximum atomic E-state index is 11.5. The van der Waals surface area contributed by atoms with Crippen molar-refractivity contribution in [3.05, 3.63) is 24.2 Å². The van der Waals surface area contributed by atoms with Crippen LogP contribution in [0.15, 0.2) is 18.5 Å². The molecule has 18 heavy (non-hydrogen) atoms. The summed E-state index contributed by atoms with van der Waals surface area (Å²) >= 11 is 0. The molecule has 0 bridgehead atoms. The first-order chi connectivity index (χ1) is 8.79. The van der Waals surface area contributed by atoms with Crippen molar-refractivity contribution in [1.29, 1.82) is 0 Å². The second-order valence-electron chi connectivity index (χ2n) is 4.20. The van der Waals surface area contributed by atoms with Crippen molar-refractivity contribution in [3.63, 3.8) is 0 Å². The van der Waals surface area contributed by atoms with Gasteiger partial charge in [0.1, 0.15) is 5.52 Å². The van der Waals surface area contributed by atoms with Crippen molar-refractivity contribution >= 4 is 17.1 Å². The predicted octanol–water partition coefficient (Wildman–Crippen LogP) is 1.18. The Morgan fingerprint density at radius 1 is 1.56 bits per heavy atom. The summed E-state index contributed by atoms with van der Waals surface area (Å²) in [6.45, 7) is 1.41. The van der Waals surface area contributed by atoms with E-state index in [9.17, 15) is 4.79 Å². The van der Waals surface area contributed by atoms with E-state index in [-0.39, 0.29) is 6.04 Å². The summed E-state index contributed by atoms with van der Waals surface area (Å²) in [5.41, 5.74) is 1.77. The standard InChI is InChI=1S/C12H13N3O3/c1-17-12(16)10-3-2-9-11(14-10)15(7-13-9)8-4-5-18-6-8/h2-3,7-8H,4-6H2,1H3. The third kappa shape index (κ3) is 1.74. The molecule has 94 valence electrons. The van der Waals surface area contributed by atoms with Gasteiger partial charge in [0, 0.05) is 6.61 Å². The fourth-order valence-corrected chi connectivity index (χ4v) is 2.14. The lowest BCUT2D eigenvalue weighted by molar-refractivity contribution is 0.0594. The van der Waals surface area contributed by atoms with Crippen LogP contribution in [-0.4, -0.2) is 40.8 Å². The van der Waals surface area contributed by atoms with Crippen LogP contribution < -0.4 is 0 Å². The summed E-state index contributed by atoms with van der Waals surface area (Å²) in [6, 6.07) is 3.65. The first kappa shape index (κ1) is 11.2. The van der Waals surface area contributed by atoms with Crippen LogP contribution in [0, 0.1) is 0 Å². The fraction of sp³-hybridized carbons (Fsp3) is 0.417. The number of fused-ring (bicyclic) bond motifs is 1. The van der Waals surface area contributed by atoms with Crippen LogP contribution in [0.1, 0.15) is 23.0 Å². The summed E-state index contributed by atoms with van der Waals surface area (Å²) in [5, 5.41) is 0. The van der Waals surface area contributed by atoms with Crippen LogP contribution >= 0.6 is 0 Å². The minimum absolute atomic E-state index is 0.246. The Hall–Kier alpha value is -1.95. The topological polar surface area (TPSA) is 66.2 Å². The third-order valence-corrected chi connectivity index (χ3v) is 3.11. The number of pyridine rings is 1. The largest absolute Gasteiger partial charge is 0.464 e. The molecule has 6 nitrogen and oxygen atoms in total. The highest BCUT2D eigenvalue weighted by Gasteiger charge is 2.20. The third-order valence-electron chi connectivity index (χ3n) is 3.11. The minimum Gasteiger partial charge on any atom is -0.464 e. The molecule has 0 N–H and O–H groups in total. The maximum absolute atomic E-state index is 11.5. The normalized spacial score (nSPS) is 19.3. The lowest BCUT2D eigenvalue weighted by Crippen LogP contribution is -2.10. The van der Waals surface area contributed by atoms with E-state index < -0.39 is 5.97 Å². The predicted molar refractivity (Wildman–Crippen MR) is 63.3 cm³/mol. The summed E-state index contributed by atoms with van der Waals surface area (Å²) in [6.07, 6.45) is 2.69. The molecule has 0 radical (unpaired) electrons. The monoisotopic (exact) mass is 247 g/mol.